The van der Waals surface area contributed by atoms with Gasteiger partial charge >= 0.3 is 0 Å². The maximum Gasteiger partial charge on any atom is 0.255 e. The number of anilines is 3. The first kappa shape index (κ1) is 28.7. The van der Waals surface area contributed by atoms with Crippen molar-refractivity contribution in [2.75, 3.05) is 41.9 Å². The predicted octanol–water partition coefficient (Wildman–Crippen LogP) is 3.91. The molecule has 0 spiro atoms. The maximum atomic E-state index is 13.3. The van der Waals surface area contributed by atoms with Gasteiger partial charge in [0.05, 0.1) is 31.3 Å². The molecule has 0 atom stereocenters. The number of aliphatic hydroxyl groups is 1. The van der Waals surface area contributed by atoms with Gasteiger partial charge in [-0.15, -0.1) is 0 Å². The fourth-order valence-corrected chi connectivity index (χ4v) is 4.04. The van der Waals surface area contributed by atoms with E-state index in [0.29, 0.717) is 29.4 Å². The minimum atomic E-state index is -3.60. The van der Waals surface area contributed by atoms with Gasteiger partial charge in [-0.3, -0.25) is 9.52 Å². The average molecular weight is 544 g/mol. The molecule has 3 rings (SSSR count). The third kappa shape index (κ3) is 7.56. The summed E-state index contributed by atoms with van der Waals surface area (Å²) < 4.78 is 37.8. The smallest absolute Gasteiger partial charge is 0.255 e. The molecule has 4 N–H and O–H groups in total. The van der Waals surface area contributed by atoms with E-state index in [2.05, 4.69) is 25.3 Å². The second-order valence-electron chi connectivity index (χ2n) is 9.66. The zero-order valence-corrected chi connectivity index (χ0v) is 23.1. The summed E-state index contributed by atoms with van der Waals surface area (Å²) in [5, 5.41) is 14.8. The van der Waals surface area contributed by atoms with E-state index in [1.54, 1.807) is 36.4 Å². The maximum absolute atomic E-state index is 13.3. The molecule has 2 aromatic carbocycles. The summed E-state index contributed by atoms with van der Waals surface area (Å²) in [6, 6.07) is 10.0. The number of carbonyl (C=O) groups is 1. The number of amides is 1. The van der Waals surface area contributed by atoms with E-state index in [-0.39, 0.29) is 29.3 Å². The molecule has 0 aliphatic heterocycles. The van der Waals surface area contributed by atoms with Crippen molar-refractivity contribution in [2.24, 2.45) is 0 Å². The van der Waals surface area contributed by atoms with Crippen LogP contribution in [0.15, 0.2) is 42.7 Å². The molecule has 0 radical (unpaired) electrons. The van der Waals surface area contributed by atoms with Gasteiger partial charge in [-0.2, -0.15) is 0 Å². The van der Waals surface area contributed by atoms with Crippen LogP contribution in [0.5, 0.6) is 17.4 Å². The largest absolute Gasteiger partial charge is 0.492 e. The van der Waals surface area contributed by atoms with E-state index in [1.807, 2.05) is 27.7 Å². The summed E-state index contributed by atoms with van der Waals surface area (Å²) in [4.78, 5) is 21.5. The van der Waals surface area contributed by atoms with Gasteiger partial charge in [0.25, 0.3) is 5.91 Å². The molecule has 0 saturated carbocycles. The highest BCUT2D eigenvalue weighted by atomic mass is 32.2. The van der Waals surface area contributed by atoms with Crippen molar-refractivity contribution >= 4 is 33.1 Å². The molecule has 1 heterocycles. The SMILES string of the molecule is COc1c(NC(=O)c2ccc(C)c(Oc3cc(NCCO)ncn3)c2)cc(C(C)(C)C)cc1NS(C)(=O)=O. The zero-order chi connectivity index (χ0) is 28.1. The number of methoxy groups -OCH3 is 1. The minimum Gasteiger partial charge on any atom is -0.492 e. The van der Waals surface area contributed by atoms with Crippen LogP contribution in [0.1, 0.15) is 42.3 Å². The third-order valence-corrected chi connectivity index (χ3v) is 6.02. The van der Waals surface area contributed by atoms with E-state index in [0.717, 1.165) is 17.4 Å². The summed E-state index contributed by atoms with van der Waals surface area (Å²) in [7, 11) is -2.20. The Morgan fingerprint density at radius 3 is 2.42 bits per heavy atom. The number of nitrogens with one attached hydrogen (secondary N) is 3. The summed E-state index contributed by atoms with van der Waals surface area (Å²) in [6.45, 7) is 8.05. The molecular formula is C26H33N5O6S. The Balaban J connectivity index is 1.94. The molecule has 11 nitrogen and oxygen atoms in total. The van der Waals surface area contributed by atoms with Crippen molar-refractivity contribution in [1.29, 1.82) is 0 Å². The average Bonchev–Trinajstić information content (AvgIpc) is 2.82. The van der Waals surface area contributed by atoms with Crippen LogP contribution in [-0.4, -0.2) is 55.9 Å². The van der Waals surface area contributed by atoms with Gasteiger partial charge in [0.15, 0.2) is 5.75 Å². The van der Waals surface area contributed by atoms with Gasteiger partial charge in [0.2, 0.25) is 15.9 Å². The topological polar surface area (TPSA) is 152 Å². The molecule has 204 valence electrons. The molecule has 3 aromatic rings. The predicted molar refractivity (Wildman–Crippen MR) is 147 cm³/mol. The van der Waals surface area contributed by atoms with Crippen LogP contribution in [-0.2, 0) is 15.4 Å². The summed E-state index contributed by atoms with van der Waals surface area (Å²) in [6.07, 6.45) is 2.38. The third-order valence-electron chi connectivity index (χ3n) is 5.43. The number of aromatic nitrogens is 2. The van der Waals surface area contributed by atoms with Crippen LogP contribution in [0.25, 0.3) is 0 Å². The highest BCUT2D eigenvalue weighted by Crippen LogP contribution is 2.39. The van der Waals surface area contributed by atoms with Crippen LogP contribution in [0.2, 0.25) is 0 Å². The Bertz CT molecular complexity index is 1420. The number of aryl methyl sites for hydroxylation is 1. The van der Waals surface area contributed by atoms with Crippen LogP contribution >= 0.6 is 0 Å². The lowest BCUT2D eigenvalue weighted by molar-refractivity contribution is 0.102. The molecule has 0 aliphatic carbocycles. The van der Waals surface area contributed by atoms with Crippen molar-refractivity contribution in [2.45, 2.75) is 33.1 Å². The lowest BCUT2D eigenvalue weighted by atomic mass is 9.86. The van der Waals surface area contributed by atoms with E-state index < -0.39 is 15.9 Å². The van der Waals surface area contributed by atoms with Crippen molar-refractivity contribution in [3.8, 4) is 17.4 Å². The Hall–Kier alpha value is -3.90. The van der Waals surface area contributed by atoms with Gasteiger partial charge in [0, 0.05) is 18.2 Å². The molecule has 0 unspecified atom stereocenters. The van der Waals surface area contributed by atoms with Gasteiger partial charge in [-0.05, 0) is 47.7 Å². The number of sulfonamides is 1. The number of aliphatic hydroxyl groups excluding tert-OH is 1. The molecule has 12 heteroatoms. The van der Waals surface area contributed by atoms with Crippen molar-refractivity contribution in [3.05, 3.63) is 59.4 Å². The molecule has 0 bridgehead atoms. The van der Waals surface area contributed by atoms with Crippen molar-refractivity contribution in [3.63, 3.8) is 0 Å². The highest BCUT2D eigenvalue weighted by Gasteiger charge is 2.23. The monoisotopic (exact) mass is 543 g/mol. The van der Waals surface area contributed by atoms with E-state index in [1.165, 1.54) is 13.4 Å². The Morgan fingerprint density at radius 2 is 1.79 bits per heavy atom. The number of nitrogens with zero attached hydrogens (tertiary/aromatic N) is 2. The molecular weight excluding hydrogens is 510 g/mol. The minimum absolute atomic E-state index is 0.0499. The fraction of sp³-hybridized carbons (Fsp3) is 0.346. The number of hydrogen-bond donors (Lipinski definition) is 4. The lowest BCUT2D eigenvalue weighted by Crippen LogP contribution is -2.18. The van der Waals surface area contributed by atoms with Gasteiger partial charge in [-0.1, -0.05) is 26.8 Å². The Labute approximate surface area is 222 Å². The molecule has 0 aliphatic rings. The summed E-state index contributed by atoms with van der Waals surface area (Å²) in [5.41, 5.74) is 2.07. The second-order valence-corrected chi connectivity index (χ2v) is 11.4. The normalized spacial score (nSPS) is 11.6. The Morgan fingerprint density at radius 1 is 1.08 bits per heavy atom. The van der Waals surface area contributed by atoms with Crippen molar-refractivity contribution < 1.29 is 27.8 Å². The van der Waals surface area contributed by atoms with Crippen LogP contribution < -0.4 is 24.8 Å². The zero-order valence-electron chi connectivity index (χ0n) is 22.2. The standard InChI is InChI=1S/C26H33N5O6S/c1-16-7-8-17(11-21(16)37-23-14-22(27-9-10-32)28-15-29-23)25(33)30-19-12-18(26(2,3)4)13-20(24(19)36-5)31-38(6,34)35/h7-8,11-15,31-32H,9-10H2,1-6H3,(H,30,33)(H,27,28,29). The molecule has 1 aromatic heterocycles. The number of ether oxygens (including phenoxy) is 2. The number of carbonyl (C=O) groups excluding carboxylic acids is 1. The second kappa shape index (κ2) is 11.7. The van der Waals surface area contributed by atoms with Gasteiger partial charge in [-0.25, -0.2) is 18.4 Å². The Kier molecular flexibility index (Phi) is 8.79. The van der Waals surface area contributed by atoms with E-state index in [4.69, 9.17) is 14.6 Å². The number of hydrogen-bond acceptors (Lipinski definition) is 9. The van der Waals surface area contributed by atoms with Crippen LogP contribution in [0, 0.1) is 6.92 Å². The van der Waals surface area contributed by atoms with Gasteiger partial charge < -0.3 is 25.2 Å². The first-order valence-electron chi connectivity index (χ1n) is 11.8. The van der Waals surface area contributed by atoms with E-state index >= 15 is 0 Å². The molecule has 38 heavy (non-hydrogen) atoms. The molecule has 1 amide bonds. The highest BCUT2D eigenvalue weighted by molar-refractivity contribution is 7.92. The molecule has 0 fully saturated rings. The van der Waals surface area contributed by atoms with E-state index in [9.17, 15) is 13.2 Å². The first-order chi connectivity index (χ1) is 17.8. The lowest BCUT2D eigenvalue weighted by Gasteiger charge is -2.24. The first-order valence-corrected chi connectivity index (χ1v) is 13.7. The van der Waals surface area contributed by atoms with Crippen LogP contribution in [0.4, 0.5) is 17.2 Å². The van der Waals surface area contributed by atoms with Gasteiger partial charge in [0.1, 0.15) is 17.9 Å². The quantitative estimate of drug-likeness (QED) is 0.298. The fourth-order valence-electron chi connectivity index (χ4n) is 3.48. The summed E-state index contributed by atoms with van der Waals surface area (Å²) >= 11 is 0. The number of rotatable bonds is 10. The number of benzene rings is 2. The summed E-state index contributed by atoms with van der Waals surface area (Å²) in [5.74, 6) is 0.901. The molecule has 0 saturated heterocycles. The van der Waals surface area contributed by atoms with Crippen molar-refractivity contribution in [1.82, 2.24) is 9.97 Å². The van der Waals surface area contributed by atoms with Crippen LogP contribution in [0.3, 0.4) is 0 Å².